The van der Waals surface area contributed by atoms with Gasteiger partial charge in [0.1, 0.15) is 11.5 Å². The number of fused-ring (bicyclic) bond motifs is 2. The van der Waals surface area contributed by atoms with Crippen LogP contribution in [0.2, 0.25) is 0 Å². The molecule has 0 aromatic heterocycles. The van der Waals surface area contributed by atoms with E-state index in [1.807, 2.05) is 42.5 Å². The number of anilines is 3. The quantitative estimate of drug-likeness (QED) is 0.354. The third-order valence-electron chi connectivity index (χ3n) is 5.01. The smallest absolute Gasteiger partial charge is 0.170 e. The standard InChI is InChI=1S/C24H25N3O2S2/c1-28-18-9-11-20-22(15-18)31-23-16-19(29-2)10-12-21(23)27(20)14-6-13-25-24(30)26-17-7-4-3-5-8-17/h3-5,7-12,15-16H,6,13-14H2,1-2H3,(H2,25,26,30). The zero-order valence-corrected chi connectivity index (χ0v) is 19.2. The zero-order valence-electron chi connectivity index (χ0n) is 17.6. The summed E-state index contributed by atoms with van der Waals surface area (Å²) in [6.07, 6.45) is 0.929. The van der Waals surface area contributed by atoms with Crippen molar-refractivity contribution in [2.75, 3.05) is 37.5 Å². The van der Waals surface area contributed by atoms with E-state index in [1.165, 1.54) is 21.2 Å². The molecule has 1 heterocycles. The molecule has 7 heteroatoms. The fourth-order valence-corrected chi connectivity index (χ4v) is 4.85. The van der Waals surface area contributed by atoms with Crippen LogP contribution < -0.4 is 25.0 Å². The zero-order chi connectivity index (χ0) is 21.6. The van der Waals surface area contributed by atoms with Crippen LogP contribution in [0.25, 0.3) is 0 Å². The Morgan fingerprint density at radius 2 is 1.52 bits per heavy atom. The van der Waals surface area contributed by atoms with Crippen molar-refractivity contribution in [2.24, 2.45) is 0 Å². The number of para-hydroxylation sites is 1. The Hall–Kier alpha value is -2.90. The van der Waals surface area contributed by atoms with Crippen LogP contribution in [-0.4, -0.2) is 32.4 Å². The number of benzene rings is 3. The summed E-state index contributed by atoms with van der Waals surface area (Å²) in [7, 11) is 3.39. The first-order valence-corrected chi connectivity index (χ1v) is 11.3. The first-order chi connectivity index (χ1) is 15.2. The lowest BCUT2D eigenvalue weighted by molar-refractivity contribution is 0.413. The van der Waals surface area contributed by atoms with Crippen molar-refractivity contribution >= 4 is 46.2 Å². The highest BCUT2D eigenvalue weighted by Crippen LogP contribution is 2.50. The number of methoxy groups -OCH3 is 2. The molecule has 0 amide bonds. The lowest BCUT2D eigenvalue weighted by Crippen LogP contribution is -2.31. The van der Waals surface area contributed by atoms with E-state index in [0.717, 1.165) is 36.7 Å². The van der Waals surface area contributed by atoms with Crippen LogP contribution in [-0.2, 0) is 0 Å². The molecule has 0 unspecified atom stereocenters. The van der Waals surface area contributed by atoms with Crippen molar-refractivity contribution in [3.8, 4) is 11.5 Å². The number of hydrogen-bond donors (Lipinski definition) is 2. The van der Waals surface area contributed by atoms with E-state index in [0.29, 0.717) is 5.11 Å². The third-order valence-corrected chi connectivity index (χ3v) is 6.35. The molecule has 0 aliphatic carbocycles. The van der Waals surface area contributed by atoms with Crippen molar-refractivity contribution in [2.45, 2.75) is 16.2 Å². The van der Waals surface area contributed by atoms with Crippen LogP contribution in [0.15, 0.2) is 76.5 Å². The largest absolute Gasteiger partial charge is 0.497 e. The van der Waals surface area contributed by atoms with E-state index in [2.05, 4.69) is 39.8 Å². The minimum atomic E-state index is 0.635. The summed E-state index contributed by atoms with van der Waals surface area (Å²) < 4.78 is 10.9. The van der Waals surface area contributed by atoms with Crippen LogP contribution in [0.1, 0.15) is 6.42 Å². The van der Waals surface area contributed by atoms with Gasteiger partial charge >= 0.3 is 0 Å². The molecule has 1 aliphatic rings. The summed E-state index contributed by atoms with van der Waals surface area (Å²) in [5.74, 6) is 1.72. The number of ether oxygens (including phenoxy) is 2. The highest BCUT2D eigenvalue weighted by molar-refractivity contribution is 7.99. The highest BCUT2D eigenvalue weighted by atomic mass is 32.2. The fourth-order valence-electron chi connectivity index (χ4n) is 3.48. The summed E-state index contributed by atoms with van der Waals surface area (Å²) in [6.45, 7) is 1.64. The van der Waals surface area contributed by atoms with Gasteiger partial charge in [-0.25, -0.2) is 0 Å². The molecule has 0 atom stereocenters. The second-order valence-electron chi connectivity index (χ2n) is 7.02. The summed E-state index contributed by atoms with van der Waals surface area (Å²) in [6, 6.07) is 22.4. The van der Waals surface area contributed by atoms with Gasteiger partial charge in [0.2, 0.25) is 0 Å². The average molecular weight is 452 g/mol. The summed E-state index contributed by atoms with van der Waals surface area (Å²) in [4.78, 5) is 4.71. The van der Waals surface area contributed by atoms with E-state index >= 15 is 0 Å². The predicted octanol–water partition coefficient (Wildman–Crippen LogP) is 5.68. The molecule has 4 rings (SSSR count). The van der Waals surface area contributed by atoms with E-state index in [4.69, 9.17) is 21.7 Å². The van der Waals surface area contributed by atoms with Gasteiger partial charge in [-0.2, -0.15) is 0 Å². The molecule has 0 radical (unpaired) electrons. The molecule has 2 N–H and O–H groups in total. The minimum absolute atomic E-state index is 0.635. The Kier molecular flexibility index (Phi) is 6.84. The van der Waals surface area contributed by atoms with Crippen LogP contribution >= 0.6 is 24.0 Å². The van der Waals surface area contributed by atoms with Crippen LogP contribution in [0.5, 0.6) is 11.5 Å². The van der Waals surface area contributed by atoms with Gasteiger partial charge in [-0.3, -0.25) is 0 Å². The Balaban J connectivity index is 1.44. The van der Waals surface area contributed by atoms with Gasteiger partial charge in [-0.1, -0.05) is 30.0 Å². The van der Waals surface area contributed by atoms with Crippen molar-refractivity contribution in [3.05, 3.63) is 66.7 Å². The van der Waals surface area contributed by atoms with Crippen LogP contribution in [0.3, 0.4) is 0 Å². The summed E-state index contributed by atoms with van der Waals surface area (Å²) in [5.41, 5.74) is 3.36. The maximum absolute atomic E-state index is 5.43. The molecule has 3 aromatic carbocycles. The monoisotopic (exact) mass is 451 g/mol. The average Bonchev–Trinajstić information content (AvgIpc) is 2.80. The molecule has 31 heavy (non-hydrogen) atoms. The number of thiocarbonyl (C=S) groups is 1. The van der Waals surface area contributed by atoms with Crippen molar-refractivity contribution in [1.29, 1.82) is 0 Å². The van der Waals surface area contributed by atoms with Gasteiger partial charge in [0.25, 0.3) is 0 Å². The molecule has 0 bridgehead atoms. The van der Waals surface area contributed by atoms with Crippen molar-refractivity contribution in [3.63, 3.8) is 0 Å². The predicted molar refractivity (Wildman–Crippen MR) is 132 cm³/mol. The van der Waals surface area contributed by atoms with Crippen molar-refractivity contribution in [1.82, 2.24) is 5.32 Å². The van der Waals surface area contributed by atoms with Gasteiger partial charge in [-0.15, -0.1) is 0 Å². The molecule has 0 fully saturated rings. The second kappa shape index (κ2) is 9.94. The number of hydrogen-bond acceptors (Lipinski definition) is 5. The van der Waals surface area contributed by atoms with E-state index in [-0.39, 0.29) is 0 Å². The molecule has 1 aliphatic heterocycles. The maximum atomic E-state index is 5.43. The lowest BCUT2D eigenvalue weighted by atomic mass is 10.2. The van der Waals surface area contributed by atoms with E-state index < -0.39 is 0 Å². The molecular weight excluding hydrogens is 426 g/mol. The van der Waals surface area contributed by atoms with Gasteiger partial charge in [-0.05, 0) is 67.2 Å². The molecule has 0 saturated carbocycles. The number of nitrogens with zero attached hydrogens (tertiary/aromatic N) is 1. The topological polar surface area (TPSA) is 45.8 Å². The Labute approximate surface area is 192 Å². The van der Waals surface area contributed by atoms with E-state index in [1.54, 1.807) is 26.0 Å². The number of nitrogens with one attached hydrogen (secondary N) is 2. The van der Waals surface area contributed by atoms with E-state index in [9.17, 15) is 0 Å². The van der Waals surface area contributed by atoms with Crippen molar-refractivity contribution < 1.29 is 9.47 Å². The first kappa shape index (κ1) is 21.3. The molecular formula is C24H25N3O2S2. The Morgan fingerprint density at radius 3 is 2.10 bits per heavy atom. The minimum Gasteiger partial charge on any atom is -0.497 e. The number of rotatable bonds is 7. The molecule has 5 nitrogen and oxygen atoms in total. The maximum Gasteiger partial charge on any atom is 0.170 e. The molecule has 3 aromatic rings. The molecule has 0 saturated heterocycles. The molecule has 0 spiro atoms. The Morgan fingerprint density at radius 1 is 0.903 bits per heavy atom. The van der Waals surface area contributed by atoms with Crippen LogP contribution in [0.4, 0.5) is 17.1 Å². The van der Waals surface area contributed by atoms with Gasteiger partial charge in [0, 0.05) is 28.6 Å². The highest BCUT2D eigenvalue weighted by Gasteiger charge is 2.24. The Bertz CT molecular complexity index is 1010. The van der Waals surface area contributed by atoms with Gasteiger partial charge in [0.15, 0.2) is 5.11 Å². The fraction of sp³-hybridized carbons (Fsp3) is 0.208. The SMILES string of the molecule is COc1ccc2c(c1)Sc1cc(OC)ccc1N2CCCNC(=S)Nc1ccccc1. The first-order valence-electron chi connectivity index (χ1n) is 10.1. The third kappa shape index (κ3) is 5.06. The second-order valence-corrected chi connectivity index (χ2v) is 8.51. The van der Waals surface area contributed by atoms with Gasteiger partial charge < -0.3 is 25.0 Å². The van der Waals surface area contributed by atoms with Gasteiger partial charge in [0.05, 0.1) is 25.6 Å². The lowest BCUT2D eigenvalue weighted by Gasteiger charge is -2.33. The molecule has 160 valence electrons. The normalized spacial score (nSPS) is 11.9. The van der Waals surface area contributed by atoms with Crippen LogP contribution in [0, 0.1) is 0 Å². The summed E-state index contributed by atoms with van der Waals surface area (Å²) in [5, 5.41) is 7.15. The summed E-state index contributed by atoms with van der Waals surface area (Å²) >= 11 is 7.16.